The van der Waals surface area contributed by atoms with Gasteiger partial charge in [-0.05, 0) is 91.7 Å². The third-order valence-electron chi connectivity index (χ3n) is 4.42. The van der Waals surface area contributed by atoms with E-state index < -0.39 is 11.6 Å². The minimum atomic E-state index is -0.668. The number of rotatable bonds is 8. The molecule has 0 aliphatic heterocycles. The predicted molar refractivity (Wildman–Crippen MR) is 134 cm³/mol. The number of nitrogens with one attached hydrogen (secondary N) is 1. The topological polar surface area (TPSA) is 58.6 Å². The van der Waals surface area contributed by atoms with Crippen LogP contribution in [0.25, 0.3) is 0 Å². The van der Waals surface area contributed by atoms with Crippen LogP contribution >= 0.6 is 45.8 Å². The van der Waals surface area contributed by atoms with E-state index in [1.54, 1.807) is 30.3 Å². The zero-order chi connectivity index (χ0) is 23.2. The molecule has 1 N–H and O–H groups in total. The molecule has 1 atom stereocenters. The number of amides is 2. The van der Waals surface area contributed by atoms with Crippen molar-refractivity contribution in [1.82, 2.24) is 10.2 Å². The molecule has 0 radical (unpaired) electrons. The summed E-state index contributed by atoms with van der Waals surface area (Å²) in [6.07, 6.45) is 0.447. The average Bonchev–Trinajstić information content (AvgIpc) is 2.67. The number of carbonyl (C=O) groups is 2. The number of benzene rings is 2. The van der Waals surface area contributed by atoms with Crippen molar-refractivity contribution in [2.75, 3.05) is 6.61 Å². The molecule has 2 amide bonds. The van der Waals surface area contributed by atoms with Gasteiger partial charge in [0.1, 0.15) is 11.8 Å². The Morgan fingerprint density at radius 2 is 1.77 bits per heavy atom. The first-order valence-electron chi connectivity index (χ1n) is 9.94. The first-order valence-corrected chi connectivity index (χ1v) is 11.8. The minimum absolute atomic E-state index is 0.168. The normalized spacial score (nSPS) is 12.2. The predicted octanol–water partition coefficient (Wildman–Crippen LogP) is 5.70. The van der Waals surface area contributed by atoms with Crippen LogP contribution < -0.4 is 10.1 Å². The van der Waals surface area contributed by atoms with E-state index in [4.69, 9.17) is 27.9 Å². The zero-order valence-corrected chi connectivity index (χ0v) is 21.7. The van der Waals surface area contributed by atoms with Gasteiger partial charge < -0.3 is 15.0 Å². The van der Waals surface area contributed by atoms with Crippen molar-refractivity contribution in [3.8, 4) is 5.75 Å². The monoisotopic (exact) mass is 576 g/mol. The van der Waals surface area contributed by atoms with Gasteiger partial charge in [0.15, 0.2) is 6.61 Å². The molecule has 0 saturated heterocycles. The molecule has 2 aromatic rings. The molecule has 0 aliphatic carbocycles. The third-order valence-corrected chi connectivity index (χ3v) is 5.72. The zero-order valence-electron chi connectivity index (χ0n) is 18.0. The second-order valence-electron chi connectivity index (χ2n) is 8.16. The quantitative estimate of drug-likeness (QED) is 0.410. The van der Waals surface area contributed by atoms with Gasteiger partial charge in [0, 0.05) is 25.7 Å². The van der Waals surface area contributed by atoms with Crippen LogP contribution in [0.2, 0.25) is 10.0 Å². The lowest BCUT2D eigenvalue weighted by Gasteiger charge is -2.33. The fourth-order valence-corrected chi connectivity index (χ4v) is 3.79. The van der Waals surface area contributed by atoms with Crippen LogP contribution in [-0.2, 0) is 16.1 Å². The summed E-state index contributed by atoms with van der Waals surface area (Å²) in [5.74, 6) is 0.0635. The fourth-order valence-electron chi connectivity index (χ4n) is 2.96. The van der Waals surface area contributed by atoms with Crippen LogP contribution in [0.1, 0.15) is 39.7 Å². The molecule has 0 heterocycles. The molecule has 0 unspecified atom stereocenters. The van der Waals surface area contributed by atoms with E-state index in [2.05, 4.69) is 27.9 Å². The summed E-state index contributed by atoms with van der Waals surface area (Å²) in [6.45, 7) is 7.56. The molecule has 31 heavy (non-hydrogen) atoms. The van der Waals surface area contributed by atoms with Gasteiger partial charge in [0.2, 0.25) is 5.91 Å². The van der Waals surface area contributed by atoms with Crippen molar-refractivity contribution in [3.63, 3.8) is 0 Å². The summed E-state index contributed by atoms with van der Waals surface area (Å²) >= 11 is 14.6. The summed E-state index contributed by atoms with van der Waals surface area (Å²) in [5.41, 5.74) is 0.283. The van der Waals surface area contributed by atoms with Gasteiger partial charge >= 0.3 is 0 Å². The molecule has 0 fully saturated rings. The van der Waals surface area contributed by atoms with Gasteiger partial charge in [0.05, 0.1) is 0 Å². The average molecular weight is 577 g/mol. The molecule has 0 aliphatic rings. The minimum Gasteiger partial charge on any atom is -0.484 e. The number of carbonyl (C=O) groups excluding carboxylic acids is 2. The largest absolute Gasteiger partial charge is 0.484 e. The first kappa shape index (κ1) is 25.7. The van der Waals surface area contributed by atoms with Gasteiger partial charge in [-0.25, -0.2) is 0 Å². The summed E-state index contributed by atoms with van der Waals surface area (Å²) in [5, 5.41) is 3.91. The molecule has 8 heteroatoms. The molecular weight excluding hydrogens is 550 g/mol. The van der Waals surface area contributed by atoms with E-state index >= 15 is 0 Å². The summed E-state index contributed by atoms with van der Waals surface area (Å²) in [4.78, 5) is 27.7. The molecule has 5 nitrogen and oxygen atoms in total. The molecule has 0 spiro atoms. The van der Waals surface area contributed by atoms with Gasteiger partial charge in [-0.1, -0.05) is 36.2 Å². The van der Waals surface area contributed by atoms with E-state index in [1.807, 2.05) is 39.8 Å². The van der Waals surface area contributed by atoms with Crippen LogP contribution in [-0.4, -0.2) is 34.9 Å². The Morgan fingerprint density at radius 1 is 1.13 bits per heavy atom. The Hall–Kier alpha value is -1.51. The molecule has 0 bridgehead atoms. The van der Waals surface area contributed by atoms with Crippen LogP contribution in [0.3, 0.4) is 0 Å². The molecule has 0 saturated carbocycles. The van der Waals surface area contributed by atoms with Gasteiger partial charge in [-0.2, -0.15) is 0 Å². The van der Waals surface area contributed by atoms with Crippen molar-refractivity contribution in [3.05, 3.63) is 61.6 Å². The number of hydrogen-bond donors (Lipinski definition) is 1. The maximum atomic E-state index is 13.2. The van der Waals surface area contributed by atoms with Crippen LogP contribution in [0.5, 0.6) is 5.75 Å². The lowest BCUT2D eigenvalue weighted by atomic mass is 10.1. The first-order chi connectivity index (χ1) is 14.5. The summed E-state index contributed by atoms with van der Waals surface area (Å²) in [6, 6.07) is 11.8. The fraction of sp³-hybridized carbons (Fsp3) is 0.391. The van der Waals surface area contributed by atoms with E-state index in [-0.39, 0.29) is 25.0 Å². The second kappa shape index (κ2) is 11.4. The van der Waals surface area contributed by atoms with E-state index in [1.165, 1.54) is 4.90 Å². The maximum Gasteiger partial charge on any atom is 0.261 e. The van der Waals surface area contributed by atoms with Gasteiger partial charge in [-0.15, -0.1) is 0 Å². The lowest BCUT2D eigenvalue weighted by molar-refractivity contribution is -0.143. The van der Waals surface area contributed by atoms with Crippen molar-refractivity contribution in [2.45, 2.75) is 52.2 Å². The number of ether oxygens (including phenoxy) is 1. The Morgan fingerprint density at radius 3 is 2.32 bits per heavy atom. The van der Waals surface area contributed by atoms with Crippen molar-refractivity contribution in [2.24, 2.45) is 0 Å². The van der Waals surface area contributed by atoms with E-state index in [9.17, 15) is 9.59 Å². The molecule has 168 valence electrons. The summed E-state index contributed by atoms with van der Waals surface area (Å²) in [7, 11) is 0. The highest BCUT2D eigenvalue weighted by atomic mass is 127. The SMILES string of the molecule is CC[C@@H](C(=O)NC(C)(C)C)N(Cc1ccc(Cl)cc1Cl)C(=O)COc1ccc(I)cc1. The standard InChI is InChI=1S/C23H27Cl2IN2O3/c1-5-20(22(30)27-23(2,3)4)28(13-15-6-7-16(24)12-19(15)25)21(29)14-31-18-10-8-17(26)9-11-18/h6-12,20H,5,13-14H2,1-4H3,(H,27,30)/t20-/m0/s1. The number of hydrogen-bond acceptors (Lipinski definition) is 3. The maximum absolute atomic E-state index is 13.2. The molecule has 0 aromatic heterocycles. The van der Waals surface area contributed by atoms with Crippen molar-refractivity contribution < 1.29 is 14.3 Å². The molecule has 2 aromatic carbocycles. The highest BCUT2D eigenvalue weighted by molar-refractivity contribution is 14.1. The van der Waals surface area contributed by atoms with Gasteiger partial charge in [-0.3, -0.25) is 9.59 Å². The third kappa shape index (κ3) is 8.16. The number of halogens is 3. The molecular formula is C23H27Cl2IN2O3. The summed E-state index contributed by atoms with van der Waals surface area (Å²) < 4.78 is 6.76. The Kier molecular flexibility index (Phi) is 9.45. The smallest absolute Gasteiger partial charge is 0.261 e. The van der Waals surface area contributed by atoms with Crippen molar-refractivity contribution in [1.29, 1.82) is 0 Å². The Labute approximate surface area is 207 Å². The number of nitrogens with zero attached hydrogens (tertiary/aromatic N) is 1. The van der Waals surface area contributed by atoms with Crippen molar-refractivity contribution >= 4 is 57.6 Å². The van der Waals surface area contributed by atoms with Crippen LogP contribution in [0.15, 0.2) is 42.5 Å². The Balaban J connectivity index is 2.27. The second-order valence-corrected chi connectivity index (χ2v) is 10.3. The molecule has 2 rings (SSSR count). The highest BCUT2D eigenvalue weighted by Crippen LogP contribution is 2.24. The van der Waals surface area contributed by atoms with Crippen LogP contribution in [0.4, 0.5) is 0 Å². The van der Waals surface area contributed by atoms with Crippen LogP contribution in [0, 0.1) is 3.57 Å². The highest BCUT2D eigenvalue weighted by Gasteiger charge is 2.31. The van der Waals surface area contributed by atoms with E-state index in [0.717, 1.165) is 3.57 Å². The van der Waals surface area contributed by atoms with Gasteiger partial charge in [0.25, 0.3) is 5.91 Å². The van der Waals surface area contributed by atoms with E-state index in [0.29, 0.717) is 27.8 Å². The Bertz CT molecular complexity index is 914. The lowest BCUT2D eigenvalue weighted by Crippen LogP contribution is -2.54.